The average Bonchev–Trinajstić information content (AvgIpc) is 2.92. The van der Waals surface area contributed by atoms with E-state index >= 15 is 0 Å². The zero-order valence-corrected chi connectivity index (χ0v) is 12.9. The summed E-state index contributed by atoms with van der Waals surface area (Å²) in [6, 6.07) is 1.39. The molecule has 3 atom stereocenters. The van der Waals surface area contributed by atoms with Crippen molar-refractivity contribution in [2.75, 3.05) is 39.8 Å². The third-order valence-electron chi connectivity index (χ3n) is 5.49. The first kappa shape index (κ1) is 15.2. The van der Waals surface area contributed by atoms with E-state index < -0.39 is 0 Å². The van der Waals surface area contributed by atoms with Crippen molar-refractivity contribution in [3.8, 4) is 0 Å². The van der Waals surface area contributed by atoms with Gasteiger partial charge < -0.3 is 10.4 Å². The van der Waals surface area contributed by atoms with Crippen molar-refractivity contribution in [3.05, 3.63) is 0 Å². The molecule has 0 amide bonds. The minimum atomic E-state index is -0.0154. The SMILES string of the molecule is CCC(C)N1CCN(C2CCC(CO)(NC)C2)CC1. The second-order valence-corrected chi connectivity index (χ2v) is 6.41. The normalized spacial score (nSPS) is 35.7. The molecule has 4 heteroatoms. The van der Waals surface area contributed by atoms with Gasteiger partial charge in [0, 0.05) is 43.8 Å². The summed E-state index contributed by atoms with van der Waals surface area (Å²) in [5.74, 6) is 0. The lowest BCUT2D eigenvalue weighted by Crippen LogP contribution is -2.53. The monoisotopic (exact) mass is 269 g/mol. The third-order valence-corrected chi connectivity index (χ3v) is 5.49. The van der Waals surface area contributed by atoms with E-state index in [9.17, 15) is 5.11 Å². The van der Waals surface area contributed by atoms with E-state index in [1.807, 2.05) is 7.05 Å². The van der Waals surface area contributed by atoms with Crippen LogP contribution in [0.2, 0.25) is 0 Å². The molecule has 2 aliphatic rings. The summed E-state index contributed by atoms with van der Waals surface area (Å²) in [5.41, 5.74) is -0.0154. The Hall–Kier alpha value is -0.160. The number of aliphatic hydroxyl groups excluding tert-OH is 1. The standard InChI is InChI=1S/C15H31N3O/c1-4-13(2)17-7-9-18(10-8-17)14-5-6-15(11-14,12-19)16-3/h13-14,16,19H,4-12H2,1-3H3. The van der Waals surface area contributed by atoms with Gasteiger partial charge in [-0.2, -0.15) is 0 Å². The summed E-state index contributed by atoms with van der Waals surface area (Å²) in [4.78, 5) is 5.26. The first-order valence-corrected chi connectivity index (χ1v) is 7.92. The quantitative estimate of drug-likeness (QED) is 0.778. The van der Waals surface area contributed by atoms with Crippen molar-refractivity contribution in [3.63, 3.8) is 0 Å². The van der Waals surface area contributed by atoms with Crippen LogP contribution in [0, 0.1) is 0 Å². The summed E-state index contributed by atoms with van der Waals surface area (Å²) in [6.45, 7) is 9.68. The summed E-state index contributed by atoms with van der Waals surface area (Å²) >= 11 is 0. The lowest BCUT2D eigenvalue weighted by molar-refractivity contribution is 0.0685. The number of aliphatic hydroxyl groups is 1. The highest BCUT2D eigenvalue weighted by Crippen LogP contribution is 2.33. The predicted molar refractivity (Wildman–Crippen MR) is 79.4 cm³/mol. The molecular weight excluding hydrogens is 238 g/mol. The molecule has 0 bridgehead atoms. The molecule has 0 aromatic heterocycles. The van der Waals surface area contributed by atoms with Crippen LogP contribution in [-0.2, 0) is 0 Å². The van der Waals surface area contributed by atoms with Crippen LogP contribution in [0.3, 0.4) is 0 Å². The average molecular weight is 269 g/mol. The van der Waals surface area contributed by atoms with Gasteiger partial charge in [-0.05, 0) is 39.7 Å². The molecule has 0 aromatic carbocycles. The molecule has 2 N–H and O–H groups in total. The number of piperazine rings is 1. The molecule has 1 saturated heterocycles. The maximum Gasteiger partial charge on any atom is 0.0613 e. The molecule has 112 valence electrons. The van der Waals surface area contributed by atoms with Crippen molar-refractivity contribution < 1.29 is 5.11 Å². The van der Waals surface area contributed by atoms with E-state index in [1.165, 1.54) is 39.0 Å². The van der Waals surface area contributed by atoms with Gasteiger partial charge in [0.25, 0.3) is 0 Å². The lowest BCUT2D eigenvalue weighted by atomic mass is 9.98. The van der Waals surface area contributed by atoms with Crippen molar-refractivity contribution in [2.45, 2.75) is 57.2 Å². The van der Waals surface area contributed by atoms with E-state index in [2.05, 4.69) is 29.0 Å². The Bertz CT molecular complexity index is 273. The van der Waals surface area contributed by atoms with Crippen LogP contribution in [-0.4, -0.2) is 72.4 Å². The van der Waals surface area contributed by atoms with E-state index in [-0.39, 0.29) is 12.1 Å². The molecule has 0 aromatic rings. The van der Waals surface area contributed by atoms with Gasteiger partial charge in [-0.15, -0.1) is 0 Å². The van der Waals surface area contributed by atoms with Gasteiger partial charge in [0.15, 0.2) is 0 Å². The first-order chi connectivity index (χ1) is 9.14. The smallest absolute Gasteiger partial charge is 0.0613 e. The fourth-order valence-corrected chi connectivity index (χ4v) is 3.66. The Balaban J connectivity index is 1.83. The number of nitrogens with zero attached hydrogens (tertiary/aromatic N) is 2. The number of hydrogen-bond acceptors (Lipinski definition) is 4. The van der Waals surface area contributed by atoms with Gasteiger partial charge in [0.2, 0.25) is 0 Å². The molecule has 2 rings (SSSR count). The number of hydrogen-bond donors (Lipinski definition) is 2. The van der Waals surface area contributed by atoms with Gasteiger partial charge in [-0.1, -0.05) is 6.92 Å². The van der Waals surface area contributed by atoms with Crippen molar-refractivity contribution in [1.82, 2.24) is 15.1 Å². The number of likely N-dealkylation sites (N-methyl/N-ethyl adjacent to an activating group) is 1. The molecule has 2 fully saturated rings. The second-order valence-electron chi connectivity index (χ2n) is 6.41. The maximum absolute atomic E-state index is 9.59. The van der Waals surface area contributed by atoms with Gasteiger partial charge in [0.05, 0.1) is 6.61 Å². The fraction of sp³-hybridized carbons (Fsp3) is 1.00. The van der Waals surface area contributed by atoms with Crippen LogP contribution >= 0.6 is 0 Å². The highest BCUT2D eigenvalue weighted by molar-refractivity contribution is 4.99. The Morgan fingerprint density at radius 3 is 2.47 bits per heavy atom. The molecule has 19 heavy (non-hydrogen) atoms. The molecule has 1 aliphatic heterocycles. The molecule has 1 heterocycles. The highest BCUT2D eigenvalue weighted by Gasteiger charge is 2.40. The molecular formula is C15H31N3O. The van der Waals surface area contributed by atoms with E-state index in [0.717, 1.165) is 18.9 Å². The van der Waals surface area contributed by atoms with E-state index in [4.69, 9.17) is 0 Å². The van der Waals surface area contributed by atoms with Crippen LogP contribution in [0.5, 0.6) is 0 Å². The molecule has 0 spiro atoms. The minimum Gasteiger partial charge on any atom is -0.394 e. The first-order valence-electron chi connectivity index (χ1n) is 7.92. The summed E-state index contributed by atoms with van der Waals surface area (Å²) < 4.78 is 0. The molecule has 3 unspecified atom stereocenters. The van der Waals surface area contributed by atoms with Gasteiger partial charge in [-0.25, -0.2) is 0 Å². The second kappa shape index (κ2) is 6.53. The van der Waals surface area contributed by atoms with Crippen LogP contribution in [0.15, 0.2) is 0 Å². The van der Waals surface area contributed by atoms with E-state index in [0.29, 0.717) is 6.04 Å². The van der Waals surface area contributed by atoms with Gasteiger partial charge >= 0.3 is 0 Å². The third kappa shape index (κ3) is 3.30. The van der Waals surface area contributed by atoms with Crippen LogP contribution < -0.4 is 5.32 Å². The number of rotatable bonds is 5. The molecule has 1 saturated carbocycles. The topological polar surface area (TPSA) is 38.7 Å². The minimum absolute atomic E-state index is 0.0154. The molecule has 4 nitrogen and oxygen atoms in total. The molecule has 1 aliphatic carbocycles. The summed E-state index contributed by atoms with van der Waals surface area (Å²) in [7, 11) is 1.99. The van der Waals surface area contributed by atoms with E-state index in [1.54, 1.807) is 0 Å². The van der Waals surface area contributed by atoms with Crippen LogP contribution in [0.4, 0.5) is 0 Å². The maximum atomic E-state index is 9.59. The van der Waals surface area contributed by atoms with Gasteiger partial charge in [0.1, 0.15) is 0 Å². The van der Waals surface area contributed by atoms with Crippen molar-refractivity contribution in [2.24, 2.45) is 0 Å². The van der Waals surface area contributed by atoms with Crippen molar-refractivity contribution in [1.29, 1.82) is 0 Å². The molecule has 0 radical (unpaired) electrons. The summed E-state index contributed by atoms with van der Waals surface area (Å²) in [6.07, 6.45) is 4.68. The largest absolute Gasteiger partial charge is 0.394 e. The summed E-state index contributed by atoms with van der Waals surface area (Å²) in [5, 5.41) is 12.9. The number of nitrogens with one attached hydrogen (secondary N) is 1. The zero-order chi connectivity index (χ0) is 13.9. The predicted octanol–water partition coefficient (Wildman–Crippen LogP) is 0.906. The zero-order valence-electron chi connectivity index (χ0n) is 12.9. The Labute approximate surface area is 118 Å². The Morgan fingerprint density at radius 1 is 1.32 bits per heavy atom. The fourth-order valence-electron chi connectivity index (χ4n) is 3.66. The van der Waals surface area contributed by atoms with Crippen molar-refractivity contribution >= 4 is 0 Å². The Morgan fingerprint density at radius 2 is 2.00 bits per heavy atom. The van der Waals surface area contributed by atoms with Crippen LogP contribution in [0.25, 0.3) is 0 Å². The van der Waals surface area contributed by atoms with Gasteiger partial charge in [-0.3, -0.25) is 9.80 Å². The highest BCUT2D eigenvalue weighted by atomic mass is 16.3. The van der Waals surface area contributed by atoms with Crippen LogP contribution in [0.1, 0.15) is 39.5 Å². The lowest BCUT2D eigenvalue weighted by Gasteiger charge is -2.41. The Kier molecular flexibility index (Phi) is 5.23.